The van der Waals surface area contributed by atoms with Gasteiger partial charge >= 0.3 is 0 Å². The molecule has 2 heterocycles. The summed E-state index contributed by atoms with van der Waals surface area (Å²) in [5, 5.41) is 6.67. The van der Waals surface area contributed by atoms with Crippen molar-refractivity contribution in [3.63, 3.8) is 0 Å². The van der Waals surface area contributed by atoms with E-state index in [-0.39, 0.29) is 12.0 Å². The van der Waals surface area contributed by atoms with Crippen molar-refractivity contribution in [3.8, 4) is 5.75 Å². The molecular formula is C18H23N3O3. The third kappa shape index (κ3) is 4.35. The summed E-state index contributed by atoms with van der Waals surface area (Å²) in [6.07, 6.45) is 0.552. The zero-order valence-corrected chi connectivity index (χ0v) is 14.1. The Bertz CT molecular complexity index is 698. The minimum Gasteiger partial charge on any atom is -0.489 e. The highest BCUT2D eigenvalue weighted by Gasteiger charge is 2.20. The van der Waals surface area contributed by atoms with E-state index in [0.29, 0.717) is 25.3 Å². The molecule has 0 saturated heterocycles. The van der Waals surface area contributed by atoms with Crippen LogP contribution in [-0.4, -0.2) is 35.2 Å². The van der Waals surface area contributed by atoms with Crippen molar-refractivity contribution in [3.05, 3.63) is 47.3 Å². The number of benzene rings is 1. The summed E-state index contributed by atoms with van der Waals surface area (Å²) in [7, 11) is 0. The van der Waals surface area contributed by atoms with Crippen molar-refractivity contribution in [2.24, 2.45) is 0 Å². The van der Waals surface area contributed by atoms with Crippen molar-refractivity contribution >= 4 is 5.91 Å². The molecule has 1 aliphatic rings. The smallest absolute Gasteiger partial charge is 0.221 e. The van der Waals surface area contributed by atoms with Gasteiger partial charge in [0.05, 0.1) is 12.2 Å². The predicted molar refractivity (Wildman–Crippen MR) is 89.5 cm³/mol. The second kappa shape index (κ2) is 7.49. The van der Waals surface area contributed by atoms with Crippen LogP contribution >= 0.6 is 0 Å². The van der Waals surface area contributed by atoms with E-state index in [2.05, 4.69) is 28.4 Å². The SMILES string of the molecule is Cc1cc(CNC(=O)CCN2Cc3ccccc3OC(C)C2)on1. The van der Waals surface area contributed by atoms with Gasteiger partial charge in [-0.15, -0.1) is 0 Å². The van der Waals surface area contributed by atoms with Crippen molar-refractivity contribution < 1.29 is 14.1 Å². The number of carbonyl (C=O) groups excluding carboxylic acids is 1. The number of aryl methyl sites for hydroxylation is 1. The molecule has 1 aliphatic heterocycles. The van der Waals surface area contributed by atoms with Crippen LogP contribution in [-0.2, 0) is 17.9 Å². The summed E-state index contributed by atoms with van der Waals surface area (Å²) >= 11 is 0. The molecule has 6 heteroatoms. The second-order valence-electron chi connectivity index (χ2n) is 6.23. The van der Waals surface area contributed by atoms with Gasteiger partial charge in [-0.3, -0.25) is 9.69 Å². The zero-order valence-electron chi connectivity index (χ0n) is 14.1. The van der Waals surface area contributed by atoms with Gasteiger partial charge in [0, 0.05) is 37.7 Å². The topological polar surface area (TPSA) is 67.6 Å². The maximum Gasteiger partial charge on any atom is 0.221 e. The molecule has 2 aromatic rings. The zero-order chi connectivity index (χ0) is 16.9. The first-order valence-corrected chi connectivity index (χ1v) is 8.26. The third-order valence-corrected chi connectivity index (χ3v) is 4.00. The van der Waals surface area contributed by atoms with Gasteiger partial charge < -0.3 is 14.6 Å². The fraction of sp³-hybridized carbons (Fsp3) is 0.444. The molecule has 1 unspecified atom stereocenters. The van der Waals surface area contributed by atoms with E-state index in [9.17, 15) is 4.79 Å². The van der Waals surface area contributed by atoms with Crippen molar-refractivity contribution in [2.75, 3.05) is 13.1 Å². The summed E-state index contributed by atoms with van der Waals surface area (Å²) in [5.41, 5.74) is 1.98. The van der Waals surface area contributed by atoms with Gasteiger partial charge in [0.1, 0.15) is 11.9 Å². The number of amides is 1. The standard InChI is InChI=1S/C18H23N3O3/c1-13-9-16(24-20-13)10-19-18(22)7-8-21-11-14(2)23-17-6-4-3-5-15(17)12-21/h3-6,9,14H,7-8,10-12H2,1-2H3,(H,19,22). The number of carbonyl (C=O) groups is 1. The van der Waals surface area contributed by atoms with Crippen LogP contribution in [0.15, 0.2) is 34.9 Å². The minimum atomic E-state index is 0.00940. The number of rotatable bonds is 5. The van der Waals surface area contributed by atoms with Gasteiger partial charge in [0.25, 0.3) is 0 Å². The minimum absolute atomic E-state index is 0.00940. The molecule has 1 atom stereocenters. The summed E-state index contributed by atoms with van der Waals surface area (Å²) in [4.78, 5) is 14.3. The van der Waals surface area contributed by atoms with Crippen molar-refractivity contribution in [1.82, 2.24) is 15.4 Å². The molecule has 0 radical (unpaired) electrons. The summed E-state index contributed by atoms with van der Waals surface area (Å²) in [6, 6.07) is 9.90. The van der Waals surface area contributed by atoms with E-state index in [4.69, 9.17) is 9.26 Å². The number of nitrogens with one attached hydrogen (secondary N) is 1. The molecule has 1 aromatic heterocycles. The highest BCUT2D eigenvalue weighted by atomic mass is 16.5. The summed E-state index contributed by atoms with van der Waals surface area (Å²) in [5.74, 6) is 1.62. The van der Waals surface area contributed by atoms with E-state index in [0.717, 1.165) is 24.5 Å². The molecule has 1 N–H and O–H groups in total. The van der Waals surface area contributed by atoms with Gasteiger partial charge in [0.15, 0.2) is 5.76 Å². The van der Waals surface area contributed by atoms with E-state index >= 15 is 0 Å². The van der Waals surface area contributed by atoms with E-state index in [1.54, 1.807) is 0 Å². The molecule has 0 fully saturated rings. The Balaban J connectivity index is 1.49. The van der Waals surface area contributed by atoms with Gasteiger partial charge in [-0.1, -0.05) is 23.4 Å². The predicted octanol–water partition coefficient (Wildman–Crippen LogP) is 2.27. The van der Waals surface area contributed by atoms with Gasteiger partial charge in [-0.05, 0) is 19.9 Å². The number of aromatic nitrogens is 1. The Hall–Kier alpha value is -2.34. The van der Waals surface area contributed by atoms with Crippen LogP contribution in [0.5, 0.6) is 5.75 Å². The van der Waals surface area contributed by atoms with E-state index in [1.807, 2.05) is 31.2 Å². The van der Waals surface area contributed by atoms with E-state index in [1.165, 1.54) is 5.56 Å². The molecule has 0 bridgehead atoms. The fourth-order valence-corrected chi connectivity index (χ4v) is 2.88. The highest BCUT2D eigenvalue weighted by Crippen LogP contribution is 2.24. The van der Waals surface area contributed by atoms with Crippen LogP contribution in [0, 0.1) is 6.92 Å². The maximum atomic E-state index is 12.0. The van der Waals surface area contributed by atoms with Crippen LogP contribution in [0.3, 0.4) is 0 Å². The maximum absolute atomic E-state index is 12.0. The third-order valence-electron chi connectivity index (χ3n) is 4.00. The number of ether oxygens (including phenoxy) is 1. The average molecular weight is 329 g/mol. The second-order valence-corrected chi connectivity index (χ2v) is 6.23. The lowest BCUT2D eigenvalue weighted by Gasteiger charge is -2.21. The first-order chi connectivity index (χ1) is 11.6. The lowest BCUT2D eigenvalue weighted by Crippen LogP contribution is -2.34. The molecule has 128 valence electrons. The van der Waals surface area contributed by atoms with Crippen LogP contribution in [0.25, 0.3) is 0 Å². The van der Waals surface area contributed by atoms with Crippen LogP contribution in [0.1, 0.15) is 30.4 Å². The molecule has 0 saturated carbocycles. The first kappa shape index (κ1) is 16.5. The molecule has 24 heavy (non-hydrogen) atoms. The molecule has 3 rings (SSSR count). The number of fused-ring (bicyclic) bond motifs is 1. The van der Waals surface area contributed by atoms with Crippen LogP contribution in [0.2, 0.25) is 0 Å². The lowest BCUT2D eigenvalue weighted by molar-refractivity contribution is -0.121. The highest BCUT2D eigenvalue weighted by molar-refractivity contribution is 5.75. The fourth-order valence-electron chi connectivity index (χ4n) is 2.88. The average Bonchev–Trinajstić information content (AvgIpc) is 2.89. The lowest BCUT2D eigenvalue weighted by atomic mass is 10.2. The molecule has 1 aromatic carbocycles. The Kier molecular flexibility index (Phi) is 5.15. The first-order valence-electron chi connectivity index (χ1n) is 8.26. The normalized spacial score (nSPS) is 17.7. The number of hydrogen-bond acceptors (Lipinski definition) is 5. The number of para-hydroxylation sites is 1. The van der Waals surface area contributed by atoms with Gasteiger partial charge in [0.2, 0.25) is 5.91 Å². The van der Waals surface area contributed by atoms with Crippen molar-refractivity contribution in [1.29, 1.82) is 0 Å². The largest absolute Gasteiger partial charge is 0.489 e. The van der Waals surface area contributed by atoms with E-state index < -0.39 is 0 Å². The Morgan fingerprint density at radius 2 is 2.25 bits per heavy atom. The molecule has 0 spiro atoms. The van der Waals surface area contributed by atoms with Crippen molar-refractivity contribution in [2.45, 2.75) is 39.5 Å². The summed E-state index contributed by atoms with van der Waals surface area (Å²) in [6.45, 7) is 6.60. The van der Waals surface area contributed by atoms with Gasteiger partial charge in [-0.25, -0.2) is 0 Å². The van der Waals surface area contributed by atoms with Crippen LogP contribution in [0.4, 0.5) is 0 Å². The van der Waals surface area contributed by atoms with Crippen LogP contribution < -0.4 is 10.1 Å². The van der Waals surface area contributed by atoms with Gasteiger partial charge in [-0.2, -0.15) is 0 Å². The quantitative estimate of drug-likeness (QED) is 0.911. The number of nitrogens with zero attached hydrogens (tertiary/aromatic N) is 2. The molecule has 0 aliphatic carbocycles. The molecular weight excluding hydrogens is 306 g/mol. The number of hydrogen-bond donors (Lipinski definition) is 1. The Morgan fingerprint density at radius 1 is 1.42 bits per heavy atom. The Labute approximate surface area is 141 Å². The molecule has 6 nitrogen and oxygen atoms in total. The molecule has 1 amide bonds. The monoisotopic (exact) mass is 329 g/mol. The summed E-state index contributed by atoms with van der Waals surface area (Å²) < 4.78 is 11.0. The Morgan fingerprint density at radius 3 is 3.04 bits per heavy atom.